The van der Waals surface area contributed by atoms with Gasteiger partial charge in [0.15, 0.2) is 5.76 Å². The number of rotatable bonds is 6. The first kappa shape index (κ1) is 25.7. The van der Waals surface area contributed by atoms with E-state index in [1.54, 1.807) is 24.4 Å². The number of anilines is 1. The van der Waals surface area contributed by atoms with E-state index >= 15 is 0 Å². The Labute approximate surface area is 247 Å². The predicted octanol–water partition coefficient (Wildman–Crippen LogP) is 7.05. The molecule has 0 spiro atoms. The largest absolute Gasteiger partial charge is 0.453 e. The van der Waals surface area contributed by atoms with Crippen molar-refractivity contribution in [3.63, 3.8) is 0 Å². The van der Waals surface area contributed by atoms with Crippen molar-refractivity contribution >= 4 is 66.5 Å². The van der Waals surface area contributed by atoms with Crippen LogP contribution in [0.3, 0.4) is 0 Å². The summed E-state index contributed by atoms with van der Waals surface area (Å²) in [6.45, 7) is 0.112. The number of nitrogens with zero attached hydrogens (tertiary/aromatic N) is 4. The van der Waals surface area contributed by atoms with Gasteiger partial charge >= 0.3 is 0 Å². The zero-order valence-corrected chi connectivity index (χ0v) is 23.7. The number of fused-ring (bicyclic) bond motifs is 3. The topological polar surface area (TPSA) is 94.4 Å². The summed E-state index contributed by atoms with van der Waals surface area (Å²) in [6.07, 6.45) is 3.48. The van der Waals surface area contributed by atoms with Gasteiger partial charge in [0.2, 0.25) is 11.7 Å². The van der Waals surface area contributed by atoms with E-state index in [2.05, 4.69) is 26.3 Å². The van der Waals surface area contributed by atoms with Crippen molar-refractivity contribution in [1.29, 1.82) is 0 Å². The summed E-state index contributed by atoms with van der Waals surface area (Å²) in [4.78, 5) is 31.3. The van der Waals surface area contributed by atoms with E-state index in [0.717, 1.165) is 32.0 Å². The summed E-state index contributed by atoms with van der Waals surface area (Å²) in [5, 5.41) is 9.77. The van der Waals surface area contributed by atoms with E-state index in [1.807, 2.05) is 95.7 Å². The fourth-order valence-corrected chi connectivity index (χ4v) is 5.40. The molecule has 0 saturated carbocycles. The maximum absolute atomic E-state index is 13.7. The molecule has 0 fully saturated rings. The van der Waals surface area contributed by atoms with Crippen LogP contribution in [0.15, 0.2) is 128 Å². The smallest absolute Gasteiger partial charge is 0.282 e. The summed E-state index contributed by atoms with van der Waals surface area (Å²) >= 11 is 3.50. The summed E-state index contributed by atoms with van der Waals surface area (Å²) < 4.78 is 10.2. The number of carbonyl (C=O) groups excluding carboxylic acids is 1. The van der Waals surface area contributed by atoms with Gasteiger partial charge in [0.25, 0.3) is 5.56 Å². The van der Waals surface area contributed by atoms with Crippen LogP contribution in [0, 0.1) is 0 Å². The van der Waals surface area contributed by atoms with Crippen molar-refractivity contribution in [1.82, 2.24) is 14.2 Å². The van der Waals surface area contributed by atoms with E-state index in [-0.39, 0.29) is 23.8 Å². The maximum Gasteiger partial charge on any atom is 0.282 e. The first-order chi connectivity index (χ1) is 20.5. The fourth-order valence-electron chi connectivity index (χ4n) is 5.02. The molecule has 0 radical (unpaired) electrons. The molecule has 9 heteroatoms. The van der Waals surface area contributed by atoms with Gasteiger partial charge in [-0.05, 0) is 54.6 Å². The lowest BCUT2D eigenvalue weighted by Crippen LogP contribution is -2.20. The van der Waals surface area contributed by atoms with Crippen LogP contribution in [0.2, 0.25) is 0 Å². The predicted molar refractivity (Wildman–Crippen MR) is 169 cm³/mol. The minimum atomic E-state index is -0.320. The highest BCUT2D eigenvalue weighted by molar-refractivity contribution is 9.10. The normalized spacial score (nSPS) is 11.6. The van der Waals surface area contributed by atoms with Gasteiger partial charge < -0.3 is 14.3 Å². The molecule has 1 amide bonds. The third kappa shape index (κ3) is 4.80. The SMILES string of the molecule is O=C(Cn1cc(C=Nn2c(-c3cc4cc(Br)ccc4o3)nc3ccccc3c2=O)c2ccccc21)Nc1ccccc1. The Balaban J connectivity index is 1.31. The molecule has 42 heavy (non-hydrogen) atoms. The Kier molecular flexibility index (Phi) is 6.48. The molecule has 0 unspecified atom stereocenters. The Morgan fingerprint density at radius 3 is 2.55 bits per heavy atom. The highest BCUT2D eigenvalue weighted by atomic mass is 79.9. The lowest BCUT2D eigenvalue weighted by atomic mass is 10.2. The average molecular weight is 616 g/mol. The fraction of sp³-hybridized carbons (Fsp3) is 0.0303. The molecule has 8 nitrogen and oxygen atoms in total. The Bertz CT molecular complexity index is 2210. The number of nitrogens with one attached hydrogen (secondary N) is 1. The second-order valence-electron chi connectivity index (χ2n) is 9.75. The third-order valence-corrected chi connectivity index (χ3v) is 7.45. The number of amides is 1. The zero-order chi connectivity index (χ0) is 28.6. The van der Waals surface area contributed by atoms with Gasteiger partial charge in [-0.15, -0.1) is 0 Å². The van der Waals surface area contributed by atoms with Crippen LogP contribution in [0.5, 0.6) is 0 Å². The number of halogens is 1. The summed E-state index contributed by atoms with van der Waals surface area (Å²) in [5.41, 5.74) is 3.25. The molecule has 0 aliphatic heterocycles. The van der Waals surface area contributed by atoms with Gasteiger partial charge in [0, 0.05) is 38.2 Å². The molecule has 0 aliphatic rings. The number of carbonyl (C=O) groups is 1. The van der Waals surface area contributed by atoms with Crippen LogP contribution < -0.4 is 10.9 Å². The lowest BCUT2D eigenvalue weighted by Gasteiger charge is -2.07. The molecular weight excluding hydrogens is 594 g/mol. The maximum atomic E-state index is 13.7. The van der Waals surface area contributed by atoms with Crippen LogP contribution in [-0.2, 0) is 11.3 Å². The number of hydrogen-bond acceptors (Lipinski definition) is 5. The molecule has 0 atom stereocenters. The molecule has 3 aromatic heterocycles. The van der Waals surface area contributed by atoms with Crippen LogP contribution in [0.1, 0.15) is 5.56 Å². The molecule has 0 saturated heterocycles. The van der Waals surface area contributed by atoms with Gasteiger partial charge in [-0.3, -0.25) is 9.59 Å². The number of aromatic nitrogens is 3. The van der Waals surface area contributed by atoms with Crippen molar-refractivity contribution in [3.05, 3.63) is 130 Å². The highest BCUT2D eigenvalue weighted by Gasteiger charge is 2.17. The van der Waals surface area contributed by atoms with Crippen molar-refractivity contribution in [2.45, 2.75) is 6.54 Å². The molecular formula is C33H22BrN5O3. The lowest BCUT2D eigenvalue weighted by molar-refractivity contribution is -0.116. The van der Waals surface area contributed by atoms with E-state index in [9.17, 15) is 9.59 Å². The molecule has 4 aromatic carbocycles. The first-order valence-electron chi connectivity index (χ1n) is 13.2. The Morgan fingerprint density at radius 2 is 1.69 bits per heavy atom. The van der Waals surface area contributed by atoms with Crippen LogP contribution in [0.4, 0.5) is 5.69 Å². The van der Waals surface area contributed by atoms with E-state index < -0.39 is 0 Å². The van der Waals surface area contributed by atoms with E-state index in [1.165, 1.54) is 4.68 Å². The van der Waals surface area contributed by atoms with Gasteiger partial charge in [0.1, 0.15) is 12.1 Å². The summed E-state index contributed by atoms with van der Waals surface area (Å²) in [5.74, 6) is 0.551. The summed E-state index contributed by atoms with van der Waals surface area (Å²) in [7, 11) is 0. The van der Waals surface area contributed by atoms with Crippen molar-refractivity contribution in [2.75, 3.05) is 5.32 Å². The Hall–Kier alpha value is -5.28. The average Bonchev–Trinajstić information content (AvgIpc) is 3.58. The van der Waals surface area contributed by atoms with E-state index in [0.29, 0.717) is 22.2 Å². The minimum Gasteiger partial charge on any atom is -0.453 e. The van der Waals surface area contributed by atoms with Gasteiger partial charge in [-0.2, -0.15) is 9.78 Å². The molecule has 7 rings (SSSR count). The second-order valence-corrected chi connectivity index (χ2v) is 10.7. The second kappa shape index (κ2) is 10.6. The van der Waals surface area contributed by atoms with E-state index in [4.69, 9.17) is 9.40 Å². The van der Waals surface area contributed by atoms with Crippen molar-refractivity contribution in [3.8, 4) is 11.6 Å². The summed E-state index contributed by atoms with van der Waals surface area (Å²) in [6, 6.07) is 31.8. The first-order valence-corrected chi connectivity index (χ1v) is 14.0. The zero-order valence-electron chi connectivity index (χ0n) is 22.1. The minimum absolute atomic E-state index is 0.112. The number of para-hydroxylation sites is 3. The highest BCUT2D eigenvalue weighted by Crippen LogP contribution is 2.29. The Morgan fingerprint density at radius 1 is 0.929 bits per heavy atom. The molecule has 0 aliphatic carbocycles. The monoisotopic (exact) mass is 615 g/mol. The number of hydrogen-bond donors (Lipinski definition) is 1. The molecule has 7 aromatic rings. The quantitative estimate of drug-likeness (QED) is 0.203. The van der Waals surface area contributed by atoms with Crippen molar-refractivity contribution < 1.29 is 9.21 Å². The van der Waals surface area contributed by atoms with Crippen LogP contribution >= 0.6 is 15.9 Å². The molecule has 3 heterocycles. The molecule has 0 bridgehead atoms. The van der Waals surface area contributed by atoms with Crippen LogP contribution in [-0.4, -0.2) is 26.3 Å². The molecule has 204 valence electrons. The van der Waals surface area contributed by atoms with Crippen LogP contribution in [0.25, 0.3) is 44.4 Å². The van der Waals surface area contributed by atoms with Gasteiger partial charge in [0.05, 0.1) is 17.1 Å². The number of benzene rings is 4. The van der Waals surface area contributed by atoms with Gasteiger partial charge in [-0.25, -0.2) is 4.98 Å². The van der Waals surface area contributed by atoms with Gasteiger partial charge in [-0.1, -0.05) is 64.5 Å². The standard InChI is InChI=1S/C33H22BrN5O3/c34-23-14-15-29-21(16-23)17-30(42-29)32-37-27-12-6-4-11-26(27)33(41)39(32)35-18-22-19-38(28-13-7-5-10-25(22)28)20-31(40)36-24-8-2-1-3-9-24/h1-19H,20H2,(H,36,40). The third-order valence-electron chi connectivity index (χ3n) is 6.96. The van der Waals surface area contributed by atoms with Crippen molar-refractivity contribution in [2.24, 2.45) is 5.10 Å². The number of furan rings is 1. The molecule has 1 N–H and O–H groups in total.